The molecule has 1 aliphatic rings. The van der Waals surface area contributed by atoms with Crippen molar-refractivity contribution in [3.05, 3.63) is 58.9 Å². The lowest BCUT2D eigenvalue weighted by Crippen LogP contribution is -2.49. The Kier molecular flexibility index (Phi) is 3.99. The molecule has 0 aliphatic carbocycles. The van der Waals surface area contributed by atoms with Gasteiger partial charge in [-0.25, -0.2) is 0 Å². The third-order valence-corrected chi connectivity index (χ3v) is 4.28. The van der Waals surface area contributed by atoms with Crippen molar-refractivity contribution in [3.63, 3.8) is 0 Å². The van der Waals surface area contributed by atoms with Gasteiger partial charge in [0.05, 0.1) is 6.04 Å². The Morgan fingerprint density at radius 2 is 2.10 bits per heavy atom. The second-order valence-corrected chi connectivity index (χ2v) is 5.65. The van der Waals surface area contributed by atoms with Crippen LogP contribution in [-0.2, 0) is 7.05 Å². The minimum Gasteiger partial charge on any atom is -0.347 e. The first-order valence-electron chi connectivity index (χ1n) is 7.06. The number of aromatic nitrogens is 1. The molecule has 1 unspecified atom stereocenters. The first-order chi connectivity index (χ1) is 10.2. The molecule has 1 amide bonds. The molecule has 21 heavy (non-hydrogen) atoms. The van der Waals surface area contributed by atoms with E-state index in [9.17, 15) is 4.79 Å². The number of rotatable bonds is 2. The molecule has 5 heteroatoms. The van der Waals surface area contributed by atoms with Crippen LogP contribution in [0.1, 0.15) is 22.1 Å². The van der Waals surface area contributed by atoms with Crippen LogP contribution in [0.2, 0.25) is 5.02 Å². The Labute approximate surface area is 129 Å². The minimum atomic E-state index is -0.0325. The van der Waals surface area contributed by atoms with Gasteiger partial charge >= 0.3 is 0 Å². The van der Waals surface area contributed by atoms with Crippen LogP contribution in [0.5, 0.6) is 0 Å². The summed E-state index contributed by atoms with van der Waals surface area (Å²) in [6.07, 6.45) is 1.89. The van der Waals surface area contributed by atoms with Gasteiger partial charge in [-0.15, -0.1) is 0 Å². The van der Waals surface area contributed by atoms with E-state index in [1.54, 1.807) is 0 Å². The monoisotopic (exact) mass is 303 g/mol. The van der Waals surface area contributed by atoms with Crippen LogP contribution < -0.4 is 5.32 Å². The summed E-state index contributed by atoms with van der Waals surface area (Å²) < 4.78 is 1.86. The summed E-state index contributed by atoms with van der Waals surface area (Å²) in [6.45, 7) is 2.21. The van der Waals surface area contributed by atoms with Gasteiger partial charge in [0.1, 0.15) is 5.69 Å². The van der Waals surface area contributed by atoms with E-state index in [2.05, 4.69) is 5.32 Å². The first kappa shape index (κ1) is 14.2. The summed E-state index contributed by atoms with van der Waals surface area (Å²) in [5.41, 5.74) is 1.70. The number of hydrogen-bond acceptors (Lipinski definition) is 2. The number of nitrogens with zero attached hydrogens (tertiary/aromatic N) is 2. The molecule has 0 saturated carbocycles. The van der Waals surface area contributed by atoms with Crippen LogP contribution in [-0.4, -0.2) is 35.0 Å². The molecule has 2 heterocycles. The maximum absolute atomic E-state index is 12.8. The minimum absolute atomic E-state index is 0.0325. The van der Waals surface area contributed by atoms with Crippen molar-refractivity contribution in [2.24, 2.45) is 7.05 Å². The molecule has 1 aliphatic heterocycles. The topological polar surface area (TPSA) is 37.3 Å². The van der Waals surface area contributed by atoms with E-state index in [1.165, 1.54) is 0 Å². The summed E-state index contributed by atoms with van der Waals surface area (Å²) in [7, 11) is 1.89. The highest BCUT2D eigenvalue weighted by molar-refractivity contribution is 6.31. The molecule has 0 bridgehead atoms. The summed E-state index contributed by atoms with van der Waals surface area (Å²) in [4.78, 5) is 14.7. The SMILES string of the molecule is Cn1cccc1C(=O)N1CCNCC1c1ccccc1Cl. The molecule has 1 fully saturated rings. The lowest BCUT2D eigenvalue weighted by atomic mass is 10.0. The zero-order valence-corrected chi connectivity index (χ0v) is 12.7. The van der Waals surface area contributed by atoms with Gasteiger partial charge in [0.25, 0.3) is 5.91 Å². The van der Waals surface area contributed by atoms with E-state index in [0.29, 0.717) is 17.3 Å². The van der Waals surface area contributed by atoms with Crippen molar-refractivity contribution in [3.8, 4) is 0 Å². The van der Waals surface area contributed by atoms with Gasteiger partial charge in [0, 0.05) is 37.9 Å². The molecule has 4 nitrogen and oxygen atoms in total. The number of carbonyl (C=O) groups is 1. The predicted molar refractivity (Wildman–Crippen MR) is 83.5 cm³/mol. The Bertz CT molecular complexity index is 652. The zero-order valence-electron chi connectivity index (χ0n) is 11.9. The molecular weight excluding hydrogens is 286 g/mol. The number of hydrogen-bond donors (Lipinski definition) is 1. The van der Waals surface area contributed by atoms with Crippen molar-refractivity contribution in [1.29, 1.82) is 0 Å². The second kappa shape index (κ2) is 5.92. The Morgan fingerprint density at radius 3 is 2.81 bits per heavy atom. The summed E-state index contributed by atoms with van der Waals surface area (Å²) in [5, 5.41) is 4.05. The van der Waals surface area contributed by atoms with Gasteiger partial charge in [0.15, 0.2) is 0 Å². The highest BCUT2D eigenvalue weighted by Gasteiger charge is 2.30. The molecule has 2 aromatic rings. The maximum Gasteiger partial charge on any atom is 0.271 e. The fourth-order valence-electron chi connectivity index (χ4n) is 2.80. The van der Waals surface area contributed by atoms with Crippen LogP contribution >= 0.6 is 11.6 Å². The van der Waals surface area contributed by atoms with E-state index in [0.717, 1.165) is 18.7 Å². The van der Waals surface area contributed by atoms with E-state index in [1.807, 2.05) is 59.1 Å². The van der Waals surface area contributed by atoms with E-state index in [-0.39, 0.29) is 11.9 Å². The normalized spacial score (nSPS) is 18.8. The first-order valence-corrected chi connectivity index (χ1v) is 7.43. The number of halogens is 1. The number of aryl methyl sites for hydroxylation is 1. The molecule has 1 aromatic carbocycles. The van der Waals surface area contributed by atoms with E-state index < -0.39 is 0 Å². The van der Waals surface area contributed by atoms with Gasteiger partial charge in [-0.1, -0.05) is 29.8 Å². The fourth-order valence-corrected chi connectivity index (χ4v) is 3.06. The Morgan fingerprint density at radius 1 is 1.29 bits per heavy atom. The molecule has 0 radical (unpaired) electrons. The van der Waals surface area contributed by atoms with Gasteiger partial charge in [-0.2, -0.15) is 0 Å². The molecule has 1 aromatic heterocycles. The highest BCUT2D eigenvalue weighted by atomic mass is 35.5. The Hall–Kier alpha value is -1.78. The van der Waals surface area contributed by atoms with Gasteiger partial charge < -0.3 is 14.8 Å². The van der Waals surface area contributed by atoms with Crippen LogP contribution in [0.4, 0.5) is 0 Å². The fraction of sp³-hybridized carbons (Fsp3) is 0.312. The summed E-state index contributed by atoms with van der Waals surface area (Å²) in [6, 6.07) is 11.4. The average molecular weight is 304 g/mol. The molecule has 1 N–H and O–H groups in total. The molecular formula is C16H18ClN3O. The second-order valence-electron chi connectivity index (χ2n) is 5.24. The lowest BCUT2D eigenvalue weighted by molar-refractivity contribution is 0.0624. The summed E-state index contributed by atoms with van der Waals surface area (Å²) >= 11 is 6.31. The quantitative estimate of drug-likeness (QED) is 0.925. The van der Waals surface area contributed by atoms with Crippen LogP contribution in [0.3, 0.4) is 0 Å². The number of nitrogens with one attached hydrogen (secondary N) is 1. The molecule has 0 spiro atoms. The van der Waals surface area contributed by atoms with Crippen molar-refractivity contribution >= 4 is 17.5 Å². The van der Waals surface area contributed by atoms with Crippen LogP contribution in [0.15, 0.2) is 42.6 Å². The maximum atomic E-state index is 12.8. The van der Waals surface area contributed by atoms with Crippen LogP contribution in [0.25, 0.3) is 0 Å². The Balaban J connectivity index is 1.94. The number of amides is 1. The third-order valence-electron chi connectivity index (χ3n) is 3.93. The van der Waals surface area contributed by atoms with Gasteiger partial charge in [0.2, 0.25) is 0 Å². The largest absolute Gasteiger partial charge is 0.347 e. The molecule has 110 valence electrons. The molecule has 3 rings (SSSR count). The predicted octanol–water partition coefficient (Wildman–Crippen LogP) is 2.47. The van der Waals surface area contributed by atoms with Crippen molar-refractivity contribution in [1.82, 2.24) is 14.8 Å². The smallest absolute Gasteiger partial charge is 0.271 e. The molecule has 1 saturated heterocycles. The summed E-state index contributed by atoms with van der Waals surface area (Å²) in [5.74, 6) is 0.0499. The van der Waals surface area contributed by atoms with E-state index in [4.69, 9.17) is 11.6 Å². The van der Waals surface area contributed by atoms with Crippen molar-refractivity contribution in [2.45, 2.75) is 6.04 Å². The average Bonchev–Trinajstić information content (AvgIpc) is 2.93. The lowest BCUT2D eigenvalue weighted by Gasteiger charge is -2.37. The van der Waals surface area contributed by atoms with Gasteiger partial charge in [-0.3, -0.25) is 4.79 Å². The van der Waals surface area contributed by atoms with E-state index >= 15 is 0 Å². The number of benzene rings is 1. The third kappa shape index (κ3) is 2.69. The number of carbonyl (C=O) groups excluding carboxylic acids is 1. The highest BCUT2D eigenvalue weighted by Crippen LogP contribution is 2.29. The standard InChI is InChI=1S/C16H18ClN3O/c1-19-9-4-7-14(19)16(21)20-10-8-18-11-15(20)12-5-2-3-6-13(12)17/h2-7,9,15,18H,8,10-11H2,1H3. The van der Waals surface area contributed by atoms with Crippen LogP contribution in [0, 0.1) is 0 Å². The van der Waals surface area contributed by atoms with Crippen molar-refractivity contribution in [2.75, 3.05) is 19.6 Å². The number of piperazine rings is 1. The molecule has 1 atom stereocenters. The van der Waals surface area contributed by atoms with Gasteiger partial charge in [-0.05, 0) is 23.8 Å². The van der Waals surface area contributed by atoms with Crippen molar-refractivity contribution < 1.29 is 4.79 Å². The zero-order chi connectivity index (χ0) is 14.8.